The molecule has 0 aromatic heterocycles. The molecule has 0 aromatic carbocycles. The van der Waals surface area contributed by atoms with Crippen LogP contribution in [0.4, 0.5) is 0 Å². The highest BCUT2D eigenvalue weighted by Gasteiger charge is 1.55. The molecule has 0 spiro atoms. The summed E-state index contributed by atoms with van der Waals surface area (Å²) in [6.45, 7) is 5.61. The van der Waals surface area contributed by atoms with Gasteiger partial charge in [-0.15, -0.1) is 0 Å². The summed E-state index contributed by atoms with van der Waals surface area (Å²) in [7, 11) is 0. The predicted molar refractivity (Wildman–Crippen MR) is 46.5 cm³/mol. The second-order valence-electron chi connectivity index (χ2n) is 1.28. The van der Waals surface area contributed by atoms with Gasteiger partial charge < -0.3 is 0 Å². The Bertz CT molecular complexity index is 161. The zero-order chi connectivity index (χ0) is 10.2. The molecule has 4 heteroatoms. The molecule has 0 heterocycles. The average molecular weight is 168 g/mol. The molecule has 0 unspecified atom stereocenters. The van der Waals surface area contributed by atoms with E-state index in [1.165, 1.54) is 0 Å². The summed E-state index contributed by atoms with van der Waals surface area (Å²) in [6, 6.07) is 0. The first-order valence-corrected chi connectivity index (χ1v) is 3.10. The molecular weight excluding hydrogens is 156 g/mol. The Morgan fingerprint density at radius 1 is 1.33 bits per heavy atom. The lowest BCUT2D eigenvalue weighted by atomic mass is 10.4. The summed E-state index contributed by atoms with van der Waals surface area (Å²) in [4.78, 5) is 16.7. The molecule has 0 saturated heterocycles. The first kappa shape index (κ1) is 16.7. The van der Waals surface area contributed by atoms with Gasteiger partial charge in [-0.1, -0.05) is 31.7 Å². The number of hydrogen-bond donors (Lipinski definition) is 2. The summed E-state index contributed by atoms with van der Waals surface area (Å²) in [5.74, 6) is 0. The predicted octanol–water partition coefficient (Wildman–Crippen LogP) is 1.94. The average Bonchev–Trinajstić information content (AvgIpc) is 2.04. The van der Waals surface area contributed by atoms with E-state index in [4.69, 9.17) is 20.4 Å². The molecule has 0 aliphatic rings. The molecule has 2 N–H and O–H groups in total. The molecule has 66 valence electrons. The first-order chi connectivity index (χ1) is 5.74. The van der Waals surface area contributed by atoms with Crippen molar-refractivity contribution in [3.63, 3.8) is 0 Å². The highest BCUT2D eigenvalue weighted by molar-refractivity contribution is 5.26. The maximum Gasteiger partial charge on any atom is 0.231 e. The monoisotopic (exact) mass is 168 g/mol. The zero-order valence-electron chi connectivity index (χ0n) is 6.96. The molecule has 0 fully saturated rings. The van der Waals surface area contributed by atoms with E-state index >= 15 is 0 Å². The molecule has 0 amide bonds. The van der Waals surface area contributed by atoms with Gasteiger partial charge in [0, 0.05) is 0 Å². The second kappa shape index (κ2) is 34.9. The number of isocyanates is 2. The number of allylic oxidation sites excluding steroid dienone is 3. The number of carbonyl (C=O) groups excluding carboxylic acids is 2. The van der Waals surface area contributed by atoms with Gasteiger partial charge in [0.25, 0.3) is 0 Å². The van der Waals surface area contributed by atoms with E-state index < -0.39 is 0 Å². The van der Waals surface area contributed by atoms with Gasteiger partial charge in [0.1, 0.15) is 0 Å². The number of hydrogen-bond acceptors (Lipinski definition) is 4. The van der Waals surface area contributed by atoms with Gasteiger partial charge >= 0.3 is 0 Å². The van der Waals surface area contributed by atoms with Crippen molar-refractivity contribution in [2.24, 2.45) is 0 Å². The molecule has 0 aromatic rings. The third-order valence-electron chi connectivity index (χ3n) is 0.508. The van der Waals surface area contributed by atoms with Crippen molar-refractivity contribution in [1.29, 1.82) is 10.8 Å². The van der Waals surface area contributed by atoms with E-state index in [1.807, 2.05) is 6.08 Å². The third-order valence-corrected chi connectivity index (χ3v) is 0.508. The molecular formula is C8H12N2O2. The van der Waals surface area contributed by atoms with E-state index in [0.29, 0.717) is 0 Å². The van der Waals surface area contributed by atoms with Gasteiger partial charge in [-0.2, -0.15) is 0 Å². The smallest absolute Gasteiger partial charge is 0.222 e. The first-order valence-electron chi connectivity index (χ1n) is 3.10. The minimum absolute atomic E-state index is 0.750. The van der Waals surface area contributed by atoms with Crippen LogP contribution in [0.2, 0.25) is 0 Å². The Balaban J connectivity index is -0.000000115. The Morgan fingerprint density at radius 3 is 1.75 bits per heavy atom. The Hall–Kier alpha value is -1.76. The maximum absolute atomic E-state index is 8.35. The third kappa shape index (κ3) is 281. The number of rotatable bonds is 2. The van der Waals surface area contributed by atoms with Gasteiger partial charge in [0.05, 0.1) is 0 Å². The molecule has 4 nitrogen and oxygen atoms in total. The van der Waals surface area contributed by atoms with Crippen molar-refractivity contribution in [1.82, 2.24) is 0 Å². The van der Waals surface area contributed by atoms with Crippen LogP contribution in [0.25, 0.3) is 0 Å². The van der Waals surface area contributed by atoms with Gasteiger partial charge in [-0.3, -0.25) is 0 Å². The lowest BCUT2D eigenvalue weighted by Gasteiger charge is -1.67. The molecule has 0 saturated carbocycles. The van der Waals surface area contributed by atoms with Crippen LogP contribution in [-0.2, 0) is 9.59 Å². The van der Waals surface area contributed by atoms with E-state index in [0.717, 1.165) is 18.6 Å². The molecule has 0 radical (unpaired) electrons. The molecule has 0 rings (SSSR count). The van der Waals surface area contributed by atoms with Crippen molar-refractivity contribution < 1.29 is 9.59 Å². The van der Waals surface area contributed by atoms with Gasteiger partial charge in [0.2, 0.25) is 12.2 Å². The van der Waals surface area contributed by atoms with Crippen molar-refractivity contribution in [2.75, 3.05) is 0 Å². The van der Waals surface area contributed by atoms with E-state index in [1.54, 1.807) is 6.08 Å². The van der Waals surface area contributed by atoms with Crippen LogP contribution < -0.4 is 0 Å². The van der Waals surface area contributed by atoms with Crippen LogP contribution in [0.1, 0.15) is 13.3 Å². The topological polar surface area (TPSA) is 81.8 Å². The zero-order valence-corrected chi connectivity index (χ0v) is 6.96. The molecule has 0 bridgehead atoms. The van der Waals surface area contributed by atoms with Gasteiger partial charge in [-0.05, 0) is 6.42 Å². The second-order valence-corrected chi connectivity index (χ2v) is 1.28. The Labute approximate surface area is 71.6 Å². The Morgan fingerprint density at radius 2 is 1.67 bits per heavy atom. The largest absolute Gasteiger partial charge is 0.231 e. The summed E-state index contributed by atoms with van der Waals surface area (Å²) in [5, 5.41) is 10.8. The van der Waals surface area contributed by atoms with Crippen molar-refractivity contribution >= 4 is 12.2 Å². The highest BCUT2D eigenvalue weighted by atomic mass is 16.1. The summed E-state index contributed by atoms with van der Waals surface area (Å²) >= 11 is 0. The van der Waals surface area contributed by atoms with Gasteiger partial charge in [0.15, 0.2) is 0 Å². The van der Waals surface area contributed by atoms with Crippen LogP contribution in [0, 0.1) is 10.8 Å². The van der Waals surface area contributed by atoms with Crippen LogP contribution in [-0.4, -0.2) is 12.2 Å². The van der Waals surface area contributed by atoms with Crippen LogP contribution in [0.3, 0.4) is 0 Å². The van der Waals surface area contributed by atoms with Crippen molar-refractivity contribution in [2.45, 2.75) is 13.3 Å². The highest BCUT2D eigenvalue weighted by Crippen LogP contribution is 1.76. The van der Waals surface area contributed by atoms with Crippen LogP contribution in [0.5, 0.6) is 0 Å². The standard InChI is InChI=1S/C6H10.2CHNO/c1-3-5-6-4-2;2*2-1-3/h3,5-6H,1,4H2,2H3;2*2H. The fourth-order valence-electron chi connectivity index (χ4n) is 0.232. The van der Waals surface area contributed by atoms with Gasteiger partial charge in [-0.25, -0.2) is 20.4 Å². The lowest BCUT2D eigenvalue weighted by molar-refractivity contribution is 0.562. The Kier molecular flexibility index (Phi) is 48.5. The molecule has 0 atom stereocenters. The fraction of sp³-hybridized carbons (Fsp3) is 0.250. The molecule has 0 aliphatic carbocycles. The van der Waals surface area contributed by atoms with Crippen LogP contribution in [0.15, 0.2) is 24.8 Å². The van der Waals surface area contributed by atoms with Crippen molar-refractivity contribution in [3.05, 3.63) is 24.8 Å². The van der Waals surface area contributed by atoms with E-state index in [2.05, 4.69) is 19.6 Å². The molecule has 0 aliphatic heterocycles. The summed E-state index contributed by atoms with van der Waals surface area (Å²) in [6.07, 6.45) is 8.39. The minimum Gasteiger partial charge on any atom is -0.222 e. The quantitative estimate of drug-likeness (QED) is 0.375. The van der Waals surface area contributed by atoms with E-state index in [-0.39, 0.29) is 0 Å². The number of nitrogens with one attached hydrogen (secondary N) is 2. The minimum atomic E-state index is 0.750. The fourth-order valence-corrected chi connectivity index (χ4v) is 0.232. The SMILES string of the molecule is C=CC=CCC.N=C=O.N=C=O. The summed E-state index contributed by atoms with van der Waals surface area (Å²) in [5.41, 5.74) is 0. The van der Waals surface area contributed by atoms with Crippen molar-refractivity contribution in [3.8, 4) is 0 Å². The van der Waals surface area contributed by atoms with Crippen LogP contribution >= 0.6 is 0 Å². The molecule has 12 heavy (non-hydrogen) atoms. The maximum atomic E-state index is 8.35. The summed E-state index contributed by atoms with van der Waals surface area (Å²) < 4.78 is 0. The normalized spacial score (nSPS) is 6.08. The lowest BCUT2D eigenvalue weighted by Crippen LogP contribution is -1.46. The van der Waals surface area contributed by atoms with E-state index in [9.17, 15) is 0 Å².